The van der Waals surface area contributed by atoms with Gasteiger partial charge in [0.1, 0.15) is 11.3 Å². The van der Waals surface area contributed by atoms with Gasteiger partial charge in [0.05, 0.1) is 5.69 Å². The molecule has 3 aromatic rings. The first kappa shape index (κ1) is 12.0. The fourth-order valence-electron chi connectivity index (χ4n) is 1.96. The average molecular weight is 277 g/mol. The third kappa shape index (κ3) is 2.04. The van der Waals surface area contributed by atoms with E-state index in [0.29, 0.717) is 27.6 Å². The number of hydrogen-bond acceptors (Lipinski definition) is 3. The molecule has 1 heterocycles. The molecule has 0 fully saturated rings. The van der Waals surface area contributed by atoms with Gasteiger partial charge in [0, 0.05) is 10.6 Å². The Balaban J connectivity index is 2.20. The molecule has 0 aliphatic heterocycles. The van der Waals surface area contributed by atoms with Crippen LogP contribution in [0.3, 0.4) is 0 Å². The van der Waals surface area contributed by atoms with Crippen LogP contribution in [0.5, 0.6) is 0 Å². The molecule has 0 saturated heterocycles. The Kier molecular flexibility index (Phi) is 2.68. The number of benzene rings is 2. The molecule has 5 heteroatoms. The number of anilines is 1. The molecular weight excluding hydrogens is 267 g/mol. The number of rotatable bonds is 1. The molecule has 1 aromatic heterocycles. The lowest BCUT2D eigenvalue weighted by molar-refractivity contribution is 0.615. The van der Waals surface area contributed by atoms with Crippen molar-refractivity contribution in [3.63, 3.8) is 0 Å². The average Bonchev–Trinajstić information content (AvgIpc) is 2.76. The van der Waals surface area contributed by atoms with Gasteiger partial charge in [-0.2, -0.15) is 0 Å². The standard InChI is InChI=1S/C14H10ClFN2O/c1-7-4-9(15)6-12-13(7)19-14(18-12)8-2-3-10(16)11(17)5-8/h2-6H,17H2,1H3. The smallest absolute Gasteiger partial charge is 0.227 e. The van der Waals surface area contributed by atoms with E-state index in [4.69, 9.17) is 21.8 Å². The lowest BCUT2D eigenvalue weighted by atomic mass is 10.2. The first-order valence-electron chi connectivity index (χ1n) is 5.66. The fourth-order valence-corrected chi connectivity index (χ4v) is 2.22. The monoisotopic (exact) mass is 276 g/mol. The van der Waals surface area contributed by atoms with Gasteiger partial charge in [0.25, 0.3) is 0 Å². The Labute approximate surface area is 113 Å². The van der Waals surface area contributed by atoms with E-state index >= 15 is 0 Å². The number of nitrogen functional groups attached to an aromatic ring is 1. The van der Waals surface area contributed by atoms with E-state index < -0.39 is 5.82 Å². The van der Waals surface area contributed by atoms with Gasteiger partial charge < -0.3 is 10.2 Å². The highest BCUT2D eigenvalue weighted by Gasteiger charge is 2.12. The maximum Gasteiger partial charge on any atom is 0.227 e. The van der Waals surface area contributed by atoms with Gasteiger partial charge in [-0.05, 0) is 42.8 Å². The Morgan fingerprint density at radius 2 is 2.05 bits per heavy atom. The zero-order valence-electron chi connectivity index (χ0n) is 10.1. The highest BCUT2D eigenvalue weighted by molar-refractivity contribution is 6.31. The number of oxazole rings is 1. The van der Waals surface area contributed by atoms with Gasteiger partial charge in [0.2, 0.25) is 5.89 Å². The largest absolute Gasteiger partial charge is 0.436 e. The van der Waals surface area contributed by atoms with E-state index in [2.05, 4.69) is 4.98 Å². The van der Waals surface area contributed by atoms with Crippen LogP contribution in [-0.2, 0) is 0 Å². The van der Waals surface area contributed by atoms with E-state index in [1.807, 2.05) is 6.92 Å². The second-order valence-corrected chi connectivity index (χ2v) is 4.76. The number of nitrogens with zero attached hydrogens (tertiary/aromatic N) is 1. The van der Waals surface area contributed by atoms with Crippen LogP contribution in [0.25, 0.3) is 22.6 Å². The maximum atomic E-state index is 13.1. The number of nitrogens with two attached hydrogens (primary N) is 1. The molecule has 0 aliphatic rings. The molecular formula is C14H10ClFN2O. The van der Waals surface area contributed by atoms with E-state index in [1.54, 1.807) is 18.2 Å². The summed E-state index contributed by atoms with van der Waals surface area (Å²) >= 11 is 5.97. The van der Waals surface area contributed by atoms with Gasteiger partial charge in [-0.25, -0.2) is 9.37 Å². The number of hydrogen-bond donors (Lipinski definition) is 1. The molecule has 0 bridgehead atoms. The van der Waals surface area contributed by atoms with Crippen molar-refractivity contribution in [2.24, 2.45) is 0 Å². The summed E-state index contributed by atoms with van der Waals surface area (Å²) in [5, 5.41) is 0.600. The second-order valence-electron chi connectivity index (χ2n) is 4.33. The predicted octanol–water partition coefficient (Wildman–Crippen LogP) is 4.18. The van der Waals surface area contributed by atoms with Gasteiger partial charge >= 0.3 is 0 Å². The highest BCUT2D eigenvalue weighted by atomic mass is 35.5. The van der Waals surface area contributed by atoms with Crippen molar-refractivity contribution in [1.82, 2.24) is 4.98 Å². The van der Waals surface area contributed by atoms with Crippen molar-refractivity contribution in [2.45, 2.75) is 6.92 Å². The molecule has 0 spiro atoms. The Morgan fingerprint density at radius 1 is 1.26 bits per heavy atom. The zero-order chi connectivity index (χ0) is 13.6. The SMILES string of the molecule is Cc1cc(Cl)cc2nc(-c3ccc(F)c(N)c3)oc12. The second kappa shape index (κ2) is 4.24. The maximum absolute atomic E-state index is 13.1. The molecule has 2 N–H and O–H groups in total. The van der Waals surface area contributed by atoms with Gasteiger partial charge in [-0.3, -0.25) is 0 Å². The van der Waals surface area contributed by atoms with Crippen LogP contribution < -0.4 is 5.73 Å². The Morgan fingerprint density at radius 3 is 2.79 bits per heavy atom. The van der Waals surface area contributed by atoms with Crippen LogP contribution in [0.4, 0.5) is 10.1 Å². The Bertz CT molecular complexity index is 782. The molecule has 0 saturated carbocycles. The van der Waals surface area contributed by atoms with Crippen molar-refractivity contribution in [2.75, 3.05) is 5.73 Å². The quantitative estimate of drug-likeness (QED) is 0.678. The van der Waals surface area contributed by atoms with E-state index in [1.165, 1.54) is 12.1 Å². The minimum atomic E-state index is -0.459. The third-order valence-electron chi connectivity index (χ3n) is 2.88. The molecule has 0 amide bonds. The van der Waals surface area contributed by atoms with Crippen LogP contribution in [0.1, 0.15) is 5.56 Å². The van der Waals surface area contributed by atoms with Crippen molar-refractivity contribution in [3.05, 3.63) is 46.7 Å². The number of fused-ring (bicyclic) bond motifs is 1. The van der Waals surface area contributed by atoms with Gasteiger partial charge in [-0.1, -0.05) is 11.6 Å². The topological polar surface area (TPSA) is 52.0 Å². The summed E-state index contributed by atoms with van der Waals surface area (Å²) in [5.41, 5.74) is 8.47. The van der Waals surface area contributed by atoms with Crippen molar-refractivity contribution in [1.29, 1.82) is 0 Å². The highest BCUT2D eigenvalue weighted by Crippen LogP contribution is 2.30. The van der Waals surface area contributed by atoms with Crippen molar-refractivity contribution >= 4 is 28.4 Å². The fraction of sp³-hybridized carbons (Fsp3) is 0.0714. The molecule has 0 radical (unpaired) electrons. The predicted molar refractivity (Wildman–Crippen MR) is 73.6 cm³/mol. The molecule has 2 aromatic carbocycles. The van der Waals surface area contributed by atoms with E-state index in [-0.39, 0.29) is 5.69 Å². The molecule has 3 nitrogen and oxygen atoms in total. The summed E-state index contributed by atoms with van der Waals surface area (Å²) in [6.45, 7) is 1.89. The van der Waals surface area contributed by atoms with Gasteiger partial charge in [0.15, 0.2) is 5.58 Å². The minimum Gasteiger partial charge on any atom is -0.436 e. The van der Waals surface area contributed by atoms with Crippen LogP contribution in [0.15, 0.2) is 34.7 Å². The van der Waals surface area contributed by atoms with Crippen LogP contribution in [0.2, 0.25) is 5.02 Å². The summed E-state index contributed by atoms with van der Waals surface area (Å²) in [6, 6.07) is 7.89. The van der Waals surface area contributed by atoms with Crippen LogP contribution in [-0.4, -0.2) is 4.98 Å². The van der Waals surface area contributed by atoms with Crippen molar-refractivity contribution in [3.8, 4) is 11.5 Å². The lowest BCUT2D eigenvalue weighted by Gasteiger charge is -1.98. The first-order chi connectivity index (χ1) is 9.04. The molecule has 0 aliphatic carbocycles. The minimum absolute atomic E-state index is 0.0644. The molecule has 3 rings (SSSR count). The Hall–Kier alpha value is -2.07. The molecule has 96 valence electrons. The number of aromatic nitrogens is 1. The molecule has 19 heavy (non-hydrogen) atoms. The van der Waals surface area contributed by atoms with Gasteiger partial charge in [-0.15, -0.1) is 0 Å². The molecule has 0 atom stereocenters. The van der Waals surface area contributed by atoms with Crippen molar-refractivity contribution < 1.29 is 8.81 Å². The first-order valence-corrected chi connectivity index (χ1v) is 6.04. The lowest BCUT2D eigenvalue weighted by Crippen LogP contribution is -1.90. The summed E-state index contributed by atoms with van der Waals surface area (Å²) < 4.78 is 18.8. The van der Waals surface area contributed by atoms with E-state index in [9.17, 15) is 4.39 Å². The van der Waals surface area contributed by atoms with Crippen LogP contribution >= 0.6 is 11.6 Å². The summed E-state index contributed by atoms with van der Waals surface area (Å²) in [7, 11) is 0. The summed E-state index contributed by atoms with van der Waals surface area (Å²) in [6.07, 6.45) is 0. The molecule has 0 unspecified atom stereocenters. The zero-order valence-corrected chi connectivity index (χ0v) is 10.8. The third-order valence-corrected chi connectivity index (χ3v) is 3.10. The number of halogens is 2. The van der Waals surface area contributed by atoms with Crippen LogP contribution in [0, 0.1) is 12.7 Å². The number of aryl methyl sites for hydroxylation is 1. The summed E-state index contributed by atoms with van der Waals surface area (Å²) in [4.78, 5) is 4.35. The summed E-state index contributed by atoms with van der Waals surface area (Å²) in [5.74, 6) is -0.0637. The van der Waals surface area contributed by atoms with E-state index in [0.717, 1.165) is 5.56 Å². The normalized spacial score (nSPS) is 11.1.